The van der Waals surface area contributed by atoms with Gasteiger partial charge in [0.15, 0.2) is 0 Å². The number of nitrogens with one attached hydrogen (secondary N) is 2. The third-order valence-electron chi connectivity index (χ3n) is 3.03. The van der Waals surface area contributed by atoms with Gasteiger partial charge < -0.3 is 15.4 Å². The minimum absolute atomic E-state index is 0.327. The van der Waals surface area contributed by atoms with Gasteiger partial charge in [-0.05, 0) is 59.9 Å². The molecule has 0 aromatic carbocycles. The van der Waals surface area contributed by atoms with Crippen LogP contribution in [0.5, 0.6) is 0 Å². The molecule has 1 amide bonds. The molecule has 2 N–H and O–H groups in total. The number of rotatable bonds is 5. The second kappa shape index (κ2) is 5.71. The Morgan fingerprint density at radius 1 is 1.29 bits per heavy atom. The summed E-state index contributed by atoms with van der Waals surface area (Å²) in [4.78, 5) is 11.3. The van der Waals surface area contributed by atoms with Gasteiger partial charge in [0.1, 0.15) is 5.60 Å². The fourth-order valence-corrected chi connectivity index (χ4v) is 1.87. The van der Waals surface area contributed by atoms with Crippen molar-refractivity contribution < 1.29 is 9.53 Å². The van der Waals surface area contributed by atoms with Crippen LogP contribution >= 0.6 is 0 Å². The number of amides is 1. The lowest BCUT2D eigenvalue weighted by Crippen LogP contribution is -2.48. The lowest BCUT2D eigenvalue weighted by molar-refractivity contribution is 0.0527. The number of ether oxygens (including phenoxy) is 1. The molecule has 4 heteroatoms. The average molecular weight is 242 g/mol. The smallest absolute Gasteiger partial charge is 0.407 e. The number of hydrogen-bond acceptors (Lipinski definition) is 3. The second-order valence-electron chi connectivity index (χ2n) is 6.12. The zero-order valence-corrected chi connectivity index (χ0v) is 11.6. The largest absolute Gasteiger partial charge is 0.444 e. The Morgan fingerprint density at radius 2 is 1.94 bits per heavy atom. The lowest BCUT2D eigenvalue weighted by atomic mass is 9.78. The first kappa shape index (κ1) is 14.3. The number of alkyl carbamates (subject to hydrolysis) is 1. The Hall–Kier alpha value is -0.770. The van der Waals surface area contributed by atoms with Gasteiger partial charge in [0, 0.05) is 12.1 Å². The zero-order chi connectivity index (χ0) is 12.9. The maximum atomic E-state index is 11.3. The highest BCUT2D eigenvalue weighted by Crippen LogP contribution is 2.30. The Kier molecular flexibility index (Phi) is 4.80. The Labute approximate surface area is 104 Å². The standard InChI is InChI=1S/C13H26N2O2/c1-12(2,3)17-11(16)14-9-6-10-15-13(4)7-5-8-13/h15H,5-10H2,1-4H3,(H,14,16). The lowest BCUT2D eigenvalue weighted by Gasteiger charge is -2.39. The van der Waals surface area contributed by atoms with E-state index in [1.807, 2.05) is 20.8 Å². The van der Waals surface area contributed by atoms with Gasteiger partial charge in [0.2, 0.25) is 0 Å². The zero-order valence-electron chi connectivity index (χ0n) is 11.6. The molecule has 0 spiro atoms. The molecule has 0 atom stereocenters. The summed E-state index contributed by atoms with van der Waals surface area (Å²) in [6.45, 7) is 9.48. The second-order valence-corrected chi connectivity index (χ2v) is 6.12. The highest BCUT2D eigenvalue weighted by molar-refractivity contribution is 5.67. The summed E-state index contributed by atoms with van der Waals surface area (Å²) >= 11 is 0. The third kappa shape index (κ3) is 5.91. The molecule has 0 unspecified atom stereocenters. The minimum Gasteiger partial charge on any atom is -0.444 e. The van der Waals surface area contributed by atoms with Crippen molar-refractivity contribution in [2.75, 3.05) is 13.1 Å². The molecule has 0 aromatic heterocycles. The van der Waals surface area contributed by atoms with Crippen LogP contribution in [0.2, 0.25) is 0 Å². The Balaban J connectivity index is 1.98. The first-order valence-electron chi connectivity index (χ1n) is 6.53. The normalized spacial score (nSPS) is 18.4. The topological polar surface area (TPSA) is 50.4 Å². The van der Waals surface area contributed by atoms with Crippen LogP contribution in [0.3, 0.4) is 0 Å². The maximum Gasteiger partial charge on any atom is 0.407 e. The van der Waals surface area contributed by atoms with E-state index < -0.39 is 5.60 Å². The van der Waals surface area contributed by atoms with Gasteiger partial charge in [-0.3, -0.25) is 0 Å². The van der Waals surface area contributed by atoms with E-state index in [1.54, 1.807) is 0 Å². The molecular weight excluding hydrogens is 216 g/mol. The van der Waals surface area contributed by atoms with E-state index in [-0.39, 0.29) is 6.09 Å². The summed E-state index contributed by atoms with van der Waals surface area (Å²) in [6, 6.07) is 0. The van der Waals surface area contributed by atoms with E-state index >= 15 is 0 Å². The van der Waals surface area contributed by atoms with Crippen LogP contribution in [0.15, 0.2) is 0 Å². The molecule has 100 valence electrons. The monoisotopic (exact) mass is 242 g/mol. The molecule has 1 saturated carbocycles. The fourth-order valence-electron chi connectivity index (χ4n) is 1.87. The van der Waals surface area contributed by atoms with Gasteiger partial charge in [-0.2, -0.15) is 0 Å². The maximum absolute atomic E-state index is 11.3. The van der Waals surface area contributed by atoms with Crippen molar-refractivity contribution in [3.8, 4) is 0 Å². The van der Waals surface area contributed by atoms with Crippen molar-refractivity contribution in [2.24, 2.45) is 0 Å². The molecule has 1 fully saturated rings. The Bertz CT molecular complexity index is 255. The summed E-state index contributed by atoms with van der Waals surface area (Å²) < 4.78 is 5.15. The van der Waals surface area contributed by atoms with Crippen molar-refractivity contribution in [3.63, 3.8) is 0 Å². The molecule has 0 bridgehead atoms. The molecule has 0 saturated heterocycles. The molecule has 1 rings (SSSR count). The van der Waals surface area contributed by atoms with Crippen molar-refractivity contribution >= 4 is 6.09 Å². The van der Waals surface area contributed by atoms with Crippen molar-refractivity contribution in [1.29, 1.82) is 0 Å². The van der Waals surface area contributed by atoms with Gasteiger partial charge in [-0.25, -0.2) is 4.79 Å². The van der Waals surface area contributed by atoms with Crippen LogP contribution < -0.4 is 10.6 Å². The summed E-state index contributed by atoms with van der Waals surface area (Å²) in [5.74, 6) is 0. The minimum atomic E-state index is -0.415. The first-order chi connectivity index (χ1) is 7.81. The van der Waals surface area contributed by atoms with Crippen LogP contribution in [-0.4, -0.2) is 30.3 Å². The van der Waals surface area contributed by atoms with Crippen molar-refractivity contribution in [2.45, 2.75) is 64.5 Å². The highest BCUT2D eigenvalue weighted by Gasteiger charge is 2.30. The van der Waals surface area contributed by atoms with E-state index in [1.165, 1.54) is 19.3 Å². The quantitative estimate of drug-likeness (QED) is 0.728. The number of carbonyl (C=O) groups excluding carboxylic acids is 1. The first-order valence-corrected chi connectivity index (χ1v) is 6.53. The fraction of sp³-hybridized carbons (Fsp3) is 0.923. The van der Waals surface area contributed by atoms with Crippen LogP contribution in [0.4, 0.5) is 4.79 Å². The summed E-state index contributed by atoms with van der Waals surface area (Å²) in [5.41, 5.74) is -0.0618. The van der Waals surface area contributed by atoms with Crippen LogP contribution in [-0.2, 0) is 4.74 Å². The average Bonchev–Trinajstić information content (AvgIpc) is 2.11. The van der Waals surface area contributed by atoms with Gasteiger partial charge in [-0.1, -0.05) is 0 Å². The van der Waals surface area contributed by atoms with Gasteiger partial charge in [0.05, 0.1) is 0 Å². The highest BCUT2D eigenvalue weighted by atomic mass is 16.6. The number of carbonyl (C=O) groups is 1. The molecule has 0 aliphatic heterocycles. The molecule has 0 aromatic rings. The molecule has 0 heterocycles. The summed E-state index contributed by atoms with van der Waals surface area (Å²) in [5, 5.41) is 6.29. The van der Waals surface area contributed by atoms with E-state index in [4.69, 9.17) is 4.74 Å². The molecule has 17 heavy (non-hydrogen) atoms. The van der Waals surface area contributed by atoms with Crippen LogP contribution in [0.25, 0.3) is 0 Å². The predicted molar refractivity (Wildman–Crippen MR) is 69.1 cm³/mol. The summed E-state index contributed by atoms with van der Waals surface area (Å²) in [6.07, 6.45) is 4.49. The van der Waals surface area contributed by atoms with Crippen molar-refractivity contribution in [1.82, 2.24) is 10.6 Å². The molecule has 1 aliphatic rings. The Morgan fingerprint density at radius 3 is 2.41 bits per heavy atom. The molecule has 0 radical (unpaired) electrons. The van der Waals surface area contributed by atoms with E-state index in [9.17, 15) is 4.79 Å². The summed E-state index contributed by atoms with van der Waals surface area (Å²) in [7, 11) is 0. The molecular formula is C13H26N2O2. The number of hydrogen-bond donors (Lipinski definition) is 2. The molecule has 4 nitrogen and oxygen atoms in total. The van der Waals surface area contributed by atoms with Crippen molar-refractivity contribution in [3.05, 3.63) is 0 Å². The van der Waals surface area contributed by atoms with Crippen LogP contribution in [0, 0.1) is 0 Å². The van der Waals surface area contributed by atoms with Gasteiger partial charge in [-0.15, -0.1) is 0 Å². The predicted octanol–water partition coefficient (Wildman–Crippen LogP) is 2.43. The van der Waals surface area contributed by atoms with Crippen LogP contribution in [0.1, 0.15) is 53.4 Å². The van der Waals surface area contributed by atoms with E-state index in [0.717, 1.165) is 13.0 Å². The van der Waals surface area contributed by atoms with E-state index in [2.05, 4.69) is 17.6 Å². The van der Waals surface area contributed by atoms with E-state index in [0.29, 0.717) is 12.1 Å². The molecule has 1 aliphatic carbocycles. The van der Waals surface area contributed by atoms with Gasteiger partial charge in [0.25, 0.3) is 0 Å². The SMILES string of the molecule is CC1(NCCCNC(=O)OC(C)(C)C)CCC1. The third-order valence-corrected chi connectivity index (χ3v) is 3.03. The van der Waals surface area contributed by atoms with Gasteiger partial charge >= 0.3 is 6.09 Å².